The Kier molecular flexibility index (Phi) is 27.1. The largest absolute Gasteiger partial charge is 0.461 e. The molecule has 0 unspecified atom stereocenters. The van der Waals surface area contributed by atoms with Crippen molar-refractivity contribution in [2.75, 3.05) is 0 Å². The normalized spacial score (nSPS) is 11.2. The van der Waals surface area contributed by atoms with Gasteiger partial charge in [-0.25, -0.2) is 0 Å². The molecule has 0 aromatic carbocycles. The molecule has 0 radical (unpaired) electrons. The molecule has 3 heteroatoms. The average molecular weight is 544 g/mol. The molecule has 0 saturated heterocycles. The molecule has 3 nitrogen and oxygen atoms in total. The lowest BCUT2D eigenvalue weighted by molar-refractivity contribution is -0.145. The summed E-state index contributed by atoms with van der Waals surface area (Å²) in [6.45, 7) is 2.64. The Morgan fingerprint density at radius 2 is 0.923 bits per heavy atom. The molecule has 0 amide bonds. The quantitative estimate of drug-likeness (QED) is 0.0715. The Morgan fingerprint density at radius 1 is 0.564 bits per heavy atom. The van der Waals surface area contributed by atoms with Crippen molar-refractivity contribution >= 4 is 5.97 Å². The molecule has 0 aliphatic carbocycles. The van der Waals surface area contributed by atoms with E-state index in [0.29, 0.717) is 13.0 Å². The maximum atomic E-state index is 11.8. The van der Waals surface area contributed by atoms with E-state index < -0.39 is 0 Å². The van der Waals surface area contributed by atoms with Crippen LogP contribution in [0.25, 0.3) is 0 Å². The summed E-state index contributed by atoms with van der Waals surface area (Å²) < 4.78 is 5.31. The van der Waals surface area contributed by atoms with Gasteiger partial charge in [0.1, 0.15) is 6.61 Å². The van der Waals surface area contributed by atoms with Crippen LogP contribution in [0, 0.1) is 0 Å². The zero-order chi connectivity index (χ0) is 27.9. The number of hydrogen-bond acceptors (Lipinski definition) is 3. The van der Waals surface area contributed by atoms with Crippen molar-refractivity contribution in [2.45, 2.75) is 193 Å². The zero-order valence-electron chi connectivity index (χ0n) is 26.1. The van der Waals surface area contributed by atoms with Gasteiger partial charge in [-0.2, -0.15) is 0 Å². The predicted molar refractivity (Wildman–Crippen MR) is 169 cm³/mol. The van der Waals surface area contributed by atoms with Crippen molar-refractivity contribution in [3.05, 3.63) is 30.1 Å². The van der Waals surface area contributed by atoms with Gasteiger partial charge in [0.2, 0.25) is 0 Å². The van der Waals surface area contributed by atoms with Crippen LogP contribution < -0.4 is 0 Å². The first kappa shape index (κ1) is 35.6. The van der Waals surface area contributed by atoms with Crippen molar-refractivity contribution in [1.82, 2.24) is 4.98 Å². The third-order valence-corrected chi connectivity index (χ3v) is 8.11. The summed E-state index contributed by atoms with van der Waals surface area (Å²) in [5.74, 6) is -0.0848. The van der Waals surface area contributed by atoms with Gasteiger partial charge in [0, 0.05) is 24.4 Å². The summed E-state index contributed by atoms with van der Waals surface area (Å²) in [5.41, 5.74) is 0.950. The van der Waals surface area contributed by atoms with Gasteiger partial charge in [-0.3, -0.25) is 9.78 Å². The number of carbonyl (C=O) groups is 1. The van der Waals surface area contributed by atoms with Gasteiger partial charge in [-0.1, -0.05) is 180 Å². The number of ether oxygens (including phenoxy) is 1. The Labute approximate surface area is 243 Å². The maximum absolute atomic E-state index is 11.8. The molecule has 1 aromatic rings. The lowest BCUT2D eigenvalue weighted by Gasteiger charge is -2.05. The Hall–Kier alpha value is -1.38. The first-order chi connectivity index (χ1) is 19.3. The highest BCUT2D eigenvalue weighted by molar-refractivity contribution is 5.69. The fourth-order valence-corrected chi connectivity index (χ4v) is 5.48. The second-order valence-corrected chi connectivity index (χ2v) is 12.0. The van der Waals surface area contributed by atoms with Gasteiger partial charge < -0.3 is 4.74 Å². The van der Waals surface area contributed by atoms with E-state index in [2.05, 4.69) is 11.9 Å². The fourth-order valence-electron chi connectivity index (χ4n) is 5.48. The minimum absolute atomic E-state index is 0.0848. The third-order valence-electron chi connectivity index (χ3n) is 8.11. The number of unbranched alkanes of at least 4 members (excludes halogenated alkanes) is 26. The van der Waals surface area contributed by atoms with Crippen LogP contribution >= 0.6 is 0 Å². The van der Waals surface area contributed by atoms with Crippen LogP contribution in [0.15, 0.2) is 24.5 Å². The molecule has 1 heterocycles. The first-order valence-corrected chi connectivity index (χ1v) is 17.4. The van der Waals surface area contributed by atoms with Crippen molar-refractivity contribution in [2.24, 2.45) is 0 Å². The molecule has 1 rings (SSSR count). The van der Waals surface area contributed by atoms with Gasteiger partial charge in [0.25, 0.3) is 0 Å². The summed E-state index contributed by atoms with van der Waals surface area (Å²) in [4.78, 5) is 15.9. The Balaban J connectivity index is 1.66. The monoisotopic (exact) mass is 544 g/mol. The van der Waals surface area contributed by atoms with Crippen LogP contribution in [0.3, 0.4) is 0 Å². The van der Waals surface area contributed by atoms with Crippen molar-refractivity contribution in [1.29, 1.82) is 0 Å². The number of carbonyl (C=O) groups excluding carboxylic acids is 1. The average Bonchev–Trinajstić information content (AvgIpc) is 2.96. The zero-order valence-corrected chi connectivity index (χ0v) is 26.1. The second-order valence-electron chi connectivity index (χ2n) is 12.0. The number of aromatic nitrogens is 1. The van der Waals surface area contributed by atoms with E-state index in [9.17, 15) is 4.79 Å². The van der Waals surface area contributed by atoms with Gasteiger partial charge in [0.05, 0.1) is 0 Å². The summed E-state index contributed by atoms with van der Waals surface area (Å²) in [7, 11) is 0. The highest BCUT2D eigenvalue weighted by atomic mass is 16.5. The molecule has 1 aromatic heterocycles. The SMILES string of the molecule is CCCCCCCCCCCCCCCCCCCCCCCCCCCCCC(=O)OCc1cccnc1. The fraction of sp³-hybridized carbons (Fsp3) is 0.833. The number of esters is 1. The van der Waals surface area contributed by atoms with E-state index in [-0.39, 0.29) is 5.97 Å². The molecular formula is C36H65NO2. The van der Waals surface area contributed by atoms with Crippen molar-refractivity contribution < 1.29 is 9.53 Å². The molecule has 0 spiro atoms. The Bertz CT molecular complexity index is 618. The highest BCUT2D eigenvalue weighted by Gasteiger charge is 2.03. The number of hydrogen-bond donors (Lipinski definition) is 0. The summed E-state index contributed by atoms with van der Waals surface area (Å²) >= 11 is 0. The lowest BCUT2D eigenvalue weighted by atomic mass is 10.0. The molecule has 0 N–H and O–H groups in total. The van der Waals surface area contributed by atoms with Crippen molar-refractivity contribution in [3.63, 3.8) is 0 Å². The number of pyridine rings is 1. The minimum Gasteiger partial charge on any atom is -0.461 e. The van der Waals surface area contributed by atoms with Crippen LogP contribution in [0.2, 0.25) is 0 Å². The smallest absolute Gasteiger partial charge is 0.306 e. The van der Waals surface area contributed by atoms with Crippen LogP contribution in [0.4, 0.5) is 0 Å². The van der Waals surface area contributed by atoms with E-state index in [0.717, 1.165) is 18.4 Å². The molecule has 0 aliphatic rings. The van der Waals surface area contributed by atoms with Crippen LogP contribution in [0.1, 0.15) is 192 Å². The molecule has 0 aliphatic heterocycles. The summed E-state index contributed by atoms with van der Waals surface area (Å²) in [6, 6.07) is 3.80. The predicted octanol–water partition coefficient (Wildman–Crippen LogP) is 12.1. The van der Waals surface area contributed by atoms with Crippen LogP contribution in [0.5, 0.6) is 0 Å². The van der Waals surface area contributed by atoms with E-state index in [1.165, 1.54) is 161 Å². The summed E-state index contributed by atoms with van der Waals surface area (Å²) in [5, 5.41) is 0. The molecule has 39 heavy (non-hydrogen) atoms. The molecular weight excluding hydrogens is 478 g/mol. The molecule has 0 bridgehead atoms. The molecule has 0 saturated carbocycles. The highest BCUT2D eigenvalue weighted by Crippen LogP contribution is 2.16. The Morgan fingerprint density at radius 3 is 1.26 bits per heavy atom. The molecule has 0 fully saturated rings. The van der Waals surface area contributed by atoms with Gasteiger partial charge in [-0.15, -0.1) is 0 Å². The summed E-state index contributed by atoms with van der Waals surface area (Å²) in [6.07, 6.45) is 41.9. The molecule has 0 atom stereocenters. The third kappa shape index (κ3) is 26.6. The van der Waals surface area contributed by atoms with Crippen molar-refractivity contribution in [3.8, 4) is 0 Å². The van der Waals surface area contributed by atoms with E-state index >= 15 is 0 Å². The lowest BCUT2D eigenvalue weighted by Crippen LogP contribution is -2.04. The van der Waals surface area contributed by atoms with E-state index in [1.54, 1.807) is 12.4 Å². The van der Waals surface area contributed by atoms with Gasteiger partial charge >= 0.3 is 5.97 Å². The van der Waals surface area contributed by atoms with Crippen LogP contribution in [-0.2, 0) is 16.1 Å². The first-order valence-electron chi connectivity index (χ1n) is 17.4. The standard InChI is InChI=1S/C36H65NO2/c1-2-3-4-5-6-7-8-9-10-11-12-13-14-15-16-17-18-19-20-21-22-23-24-25-26-27-28-31-36(38)39-34-35-30-29-32-37-33-35/h29-30,32-33H,2-28,31,34H2,1H3. The topological polar surface area (TPSA) is 39.2 Å². The second kappa shape index (κ2) is 29.6. The van der Waals surface area contributed by atoms with Gasteiger partial charge in [-0.05, 0) is 12.5 Å². The van der Waals surface area contributed by atoms with Gasteiger partial charge in [0.15, 0.2) is 0 Å². The van der Waals surface area contributed by atoms with E-state index in [4.69, 9.17) is 4.74 Å². The van der Waals surface area contributed by atoms with Crippen LogP contribution in [-0.4, -0.2) is 11.0 Å². The number of rotatable bonds is 30. The minimum atomic E-state index is -0.0848. The maximum Gasteiger partial charge on any atom is 0.306 e. The number of nitrogens with zero attached hydrogens (tertiary/aromatic N) is 1. The molecule has 226 valence electrons. The van der Waals surface area contributed by atoms with E-state index in [1.807, 2.05) is 12.1 Å².